The van der Waals surface area contributed by atoms with Gasteiger partial charge in [-0.15, -0.1) is 0 Å². The second kappa shape index (κ2) is 8.79. The molecule has 2 aromatic carbocycles. The molecule has 8 heteroatoms. The van der Waals surface area contributed by atoms with Crippen molar-refractivity contribution < 1.29 is 23.1 Å². The van der Waals surface area contributed by atoms with Crippen molar-refractivity contribution in [3.63, 3.8) is 0 Å². The van der Waals surface area contributed by atoms with Crippen LogP contribution in [0.1, 0.15) is 10.4 Å². The Kier molecular flexibility index (Phi) is 6.74. The largest absolute Gasteiger partial charge is 0.452 e. The van der Waals surface area contributed by atoms with E-state index in [1.54, 1.807) is 24.3 Å². The molecular weight excluding hydrogens is 404 g/mol. The molecule has 0 aromatic heterocycles. The number of hydrogen-bond donors (Lipinski definition) is 1. The molecule has 2 aromatic rings. The summed E-state index contributed by atoms with van der Waals surface area (Å²) in [4.78, 5) is 24.0. The number of benzene rings is 2. The fraction of sp³-hybridized carbons (Fsp3) is 0.125. The number of carbonyl (C=O) groups excluding carboxylic acids is 2. The Morgan fingerprint density at radius 2 is 1.79 bits per heavy atom. The summed E-state index contributed by atoms with van der Waals surface area (Å²) in [5, 5.41) is 2.52. The number of halogens is 3. The van der Waals surface area contributed by atoms with Crippen molar-refractivity contribution in [2.24, 2.45) is 0 Å². The lowest BCUT2D eigenvalue weighted by molar-refractivity contribution is -0.119. The third-order valence-electron chi connectivity index (χ3n) is 2.79. The fourth-order valence-electron chi connectivity index (χ4n) is 1.75. The first-order valence-electron chi connectivity index (χ1n) is 6.72. The summed E-state index contributed by atoms with van der Waals surface area (Å²) in [7, 11) is 0. The zero-order chi connectivity index (χ0) is 17.5. The van der Waals surface area contributed by atoms with Crippen molar-refractivity contribution in [3.8, 4) is 0 Å². The maximum absolute atomic E-state index is 12.2. The van der Waals surface area contributed by atoms with E-state index in [0.717, 1.165) is 0 Å². The molecule has 0 aliphatic heterocycles. The van der Waals surface area contributed by atoms with Crippen molar-refractivity contribution in [1.82, 2.24) is 0 Å². The quantitative estimate of drug-likeness (QED) is 0.554. The van der Waals surface area contributed by atoms with Gasteiger partial charge in [-0.25, -0.2) is 4.79 Å². The van der Waals surface area contributed by atoms with Crippen LogP contribution in [0, 0.1) is 0 Å². The molecule has 0 saturated carbocycles. The van der Waals surface area contributed by atoms with E-state index in [1.807, 2.05) is 0 Å². The standard InChI is InChI=1S/C16H12BrF2NO3S/c17-13-4-2-1-3-12(13)15(22)23-9-14(21)20-10-5-7-11(8-6-10)24-16(18)19/h1-8,16H,9H2,(H,20,21). The summed E-state index contributed by atoms with van der Waals surface area (Å²) in [6, 6.07) is 12.6. The Labute approximate surface area is 149 Å². The lowest BCUT2D eigenvalue weighted by atomic mass is 10.2. The number of anilines is 1. The number of nitrogens with one attached hydrogen (secondary N) is 1. The van der Waals surface area contributed by atoms with Gasteiger partial charge in [0.05, 0.1) is 5.56 Å². The summed E-state index contributed by atoms with van der Waals surface area (Å²) < 4.78 is 29.9. The summed E-state index contributed by atoms with van der Waals surface area (Å²) in [5.41, 5.74) is 0.745. The van der Waals surface area contributed by atoms with Crippen molar-refractivity contribution in [3.05, 3.63) is 58.6 Å². The molecule has 0 heterocycles. The second-order valence-corrected chi connectivity index (χ2v) is 6.42. The van der Waals surface area contributed by atoms with E-state index in [1.165, 1.54) is 24.3 Å². The number of amides is 1. The van der Waals surface area contributed by atoms with Gasteiger partial charge in [0.25, 0.3) is 11.7 Å². The van der Waals surface area contributed by atoms with Crippen LogP contribution in [0.2, 0.25) is 0 Å². The van der Waals surface area contributed by atoms with Crippen LogP contribution in [-0.4, -0.2) is 24.2 Å². The lowest BCUT2D eigenvalue weighted by Gasteiger charge is -2.08. The van der Waals surface area contributed by atoms with Gasteiger partial charge in [0.2, 0.25) is 0 Å². The minimum absolute atomic E-state index is 0.318. The van der Waals surface area contributed by atoms with Crippen molar-refractivity contribution in [2.75, 3.05) is 11.9 Å². The smallest absolute Gasteiger partial charge is 0.339 e. The number of thioether (sulfide) groups is 1. The van der Waals surface area contributed by atoms with Crippen molar-refractivity contribution in [2.45, 2.75) is 10.7 Å². The molecule has 0 atom stereocenters. The van der Waals surface area contributed by atoms with E-state index in [9.17, 15) is 18.4 Å². The fourth-order valence-corrected chi connectivity index (χ4v) is 2.70. The number of rotatable bonds is 6. The van der Waals surface area contributed by atoms with E-state index in [4.69, 9.17) is 4.74 Å². The highest BCUT2D eigenvalue weighted by Crippen LogP contribution is 2.26. The summed E-state index contributed by atoms with van der Waals surface area (Å²) in [5.74, 6) is -3.65. The molecule has 0 aliphatic rings. The molecule has 2 rings (SSSR count). The summed E-state index contributed by atoms with van der Waals surface area (Å²) in [6.07, 6.45) is 0. The van der Waals surface area contributed by atoms with Crippen LogP contribution in [-0.2, 0) is 9.53 Å². The summed E-state index contributed by atoms with van der Waals surface area (Å²) in [6.45, 7) is -0.451. The van der Waals surface area contributed by atoms with Crippen LogP contribution < -0.4 is 5.32 Å². The zero-order valence-corrected chi connectivity index (χ0v) is 14.6. The monoisotopic (exact) mass is 415 g/mol. The average molecular weight is 416 g/mol. The Morgan fingerprint density at radius 3 is 2.42 bits per heavy atom. The van der Waals surface area contributed by atoms with Gasteiger partial charge in [0.1, 0.15) is 0 Å². The number of carbonyl (C=O) groups is 2. The molecule has 1 amide bonds. The summed E-state index contributed by atoms with van der Waals surface area (Å²) >= 11 is 3.64. The molecule has 0 bridgehead atoms. The van der Waals surface area contributed by atoms with Crippen LogP contribution >= 0.6 is 27.7 Å². The van der Waals surface area contributed by atoms with Gasteiger partial charge >= 0.3 is 5.97 Å². The molecule has 0 saturated heterocycles. The van der Waals surface area contributed by atoms with Crippen LogP contribution in [0.3, 0.4) is 0 Å². The molecule has 24 heavy (non-hydrogen) atoms. The van der Waals surface area contributed by atoms with Gasteiger partial charge < -0.3 is 10.1 Å². The molecular formula is C16H12BrF2NO3S. The predicted octanol–water partition coefficient (Wildman–Crippen LogP) is 4.56. The van der Waals surface area contributed by atoms with Crippen LogP contribution in [0.25, 0.3) is 0 Å². The van der Waals surface area contributed by atoms with Gasteiger partial charge in [-0.3, -0.25) is 4.79 Å². The van der Waals surface area contributed by atoms with E-state index in [0.29, 0.717) is 32.4 Å². The predicted molar refractivity (Wildman–Crippen MR) is 91.4 cm³/mol. The van der Waals surface area contributed by atoms with E-state index in [2.05, 4.69) is 21.2 Å². The second-order valence-electron chi connectivity index (χ2n) is 4.51. The van der Waals surface area contributed by atoms with Crippen LogP contribution in [0.5, 0.6) is 0 Å². The Hall–Kier alpha value is -1.93. The minimum Gasteiger partial charge on any atom is -0.452 e. The lowest BCUT2D eigenvalue weighted by Crippen LogP contribution is -2.21. The highest BCUT2D eigenvalue weighted by Gasteiger charge is 2.13. The van der Waals surface area contributed by atoms with Crippen LogP contribution in [0.4, 0.5) is 14.5 Å². The molecule has 4 nitrogen and oxygen atoms in total. The van der Waals surface area contributed by atoms with Gasteiger partial charge in [0.15, 0.2) is 6.61 Å². The number of ether oxygens (including phenoxy) is 1. The molecule has 0 spiro atoms. The maximum Gasteiger partial charge on any atom is 0.339 e. The molecule has 0 radical (unpaired) electrons. The van der Waals surface area contributed by atoms with Gasteiger partial charge in [-0.2, -0.15) is 8.78 Å². The SMILES string of the molecule is O=C(COC(=O)c1ccccc1Br)Nc1ccc(SC(F)F)cc1. The molecule has 1 N–H and O–H groups in total. The molecule has 0 unspecified atom stereocenters. The molecule has 0 aliphatic carbocycles. The molecule has 0 fully saturated rings. The third kappa shape index (κ3) is 5.61. The maximum atomic E-state index is 12.2. The first-order chi connectivity index (χ1) is 11.5. The van der Waals surface area contributed by atoms with Gasteiger partial charge in [-0.05, 0) is 52.3 Å². The zero-order valence-electron chi connectivity index (χ0n) is 12.2. The first kappa shape index (κ1) is 18.4. The van der Waals surface area contributed by atoms with Gasteiger partial charge in [-0.1, -0.05) is 23.9 Å². The van der Waals surface area contributed by atoms with E-state index < -0.39 is 24.2 Å². The van der Waals surface area contributed by atoms with Gasteiger partial charge in [0, 0.05) is 15.1 Å². The van der Waals surface area contributed by atoms with Crippen LogP contribution in [0.15, 0.2) is 57.9 Å². The highest BCUT2D eigenvalue weighted by molar-refractivity contribution is 9.10. The highest BCUT2D eigenvalue weighted by atomic mass is 79.9. The topological polar surface area (TPSA) is 55.4 Å². The Morgan fingerprint density at radius 1 is 1.12 bits per heavy atom. The van der Waals surface area contributed by atoms with E-state index >= 15 is 0 Å². The Balaban J connectivity index is 1.85. The molecule has 126 valence electrons. The Bertz CT molecular complexity index is 726. The average Bonchev–Trinajstić information content (AvgIpc) is 2.54. The van der Waals surface area contributed by atoms with Crippen molar-refractivity contribution in [1.29, 1.82) is 0 Å². The minimum atomic E-state index is -2.50. The number of hydrogen-bond acceptors (Lipinski definition) is 4. The first-order valence-corrected chi connectivity index (χ1v) is 8.39. The number of alkyl halides is 2. The van der Waals surface area contributed by atoms with E-state index in [-0.39, 0.29) is 0 Å². The number of esters is 1. The van der Waals surface area contributed by atoms with Crippen molar-refractivity contribution >= 4 is 45.3 Å². The third-order valence-corrected chi connectivity index (χ3v) is 4.21. The normalized spacial score (nSPS) is 10.5.